The van der Waals surface area contributed by atoms with E-state index >= 15 is 0 Å². The Morgan fingerprint density at radius 1 is 1.53 bits per heavy atom. The molecule has 0 saturated carbocycles. The highest BCUT2D eigenvalue weighted by molar-refractivity contribution is 7.87. The minimum Gasteiger partial charge on any atom is -0.446 e. The highest BCUT2D eigenvalue weighted by Gasteiger charge is 2.29. The second-order valence-electron chi connectivity index (χ2n) is 4.22. The molecule has 1 fully saturated rings. The van der Waals surface area contributed by atoms with Gasteiger partial charge in [-0.2, -0.15) is 12.7 Å². The summed E-state index contributed by atoms with van der Waals surface area (Å²) in [5, 5.41) is 9.37. The standard InChI is InChI=1S/C9H18N2O5S/c1-7(2)16-9(13)10-17(14,15)11-5-3-4-8(12)6-11/h7-8,12H,3-6H2,1-2H3,(H,10,13)/t8-/m0/s1. The second-order valence-corrected chi connectivity index (χ2v) is 5.89. The molecule has 1 atom stereocenters. The molecule has 0 spiro atoms. The number of nitrogens with one attached hydrogen (secondary N) is 1. The number of hydrogen-bond donors (Lipinski definition) is 2. The largest absolute Gasteiger partial charge is 0.446 e. The van der Waals surface area contributed by atoms with Crippen LogP contribution >= 0.6 is 0 Å². The van der Waals surface area contributed by atoms with E-state index in [0.29, 0.717) is 19.4 Å². The number of hydrogen-bond acceptors (Lipinski definition) is 5. The smallest absolute Gasteiger partial charge is 0.422 e. The van der Waals surface area contributed by atoms with Crippen molar-refractivity contribution in [3.63, 3.8) is 0 Å². The fourth-order valence-corrected chi connectivity index (χ4v) is 2.67. The van der Waals surface area contributed by atoms with Crippen LogP contribution in [0.25, 0.3) is 0 Å². The molecule has 100 valence electrons. The van der Waals surface area contributed by atoms with Crippen LogP contribution in [0.4, 0.5) is 4.79 Å². The fraction of sp³-hybridized carbons (Fsp3) is 0.889. The first-order valence-electron chi connectivity index (χ1n) is 5.48. The van der Waals surface area contributed by atoms with Gasteiger partial charge in [0.25, 0.3) is 0 Å². The van der Waals surface area contributed by atoms with Crippen molar-refractivity contribution in [2.45, 2.75) is 38.9 Å². The van der Waals surface area contributed by atoms with Gasteiger partial charge in [-0.1, -0.05) is 0 Å². The SMILES string of the molecule is CC(C)OC(=O)NS(=O)(=O)N1CCC[C@H](O)C1. The molecule has 0 aliphatic carbocycles. The van der Waals surface area contributed by atoms with E-state index in [2.05, 4.69) is 4.74 Å². The summed E-state index contributed by atoms with van der Waals surface area (Å²) in [4.78, 5) is 11.2. The molecule has 7 nitrogen and oxygen atoms in total. The topological polar surface area (TPSA) is 95.9 Å². The zero-order valence-corrected chi connectivity index (χ0v) is 10.7. The number of aliphatic hydroxyl groups excluding tert-OH is 1. The molecular formula is C9H18N2O5S. The quantitative estimate of drug-likeness (QED) is 0.739. The van der Waals surface area contributed by atoms with Gasteiger partial charge in [-0.25, -0.2) is 9.52 Å². The Morgan fingerprint density at radius 2 is 2.18 bits per heavy atom. The minimum absolute atomic E-state index is 0.00426. The Morgan fingerprint density at radius 3 is 2.71 bits per heavy atom. The van der Waals surface area contributed by atoms with Crippen LogP contribution in [0.15, 0.2) is 0 Å². The normalized spacial score (nSPS) is 22.5. The number of rotatable bonds is 3. The first kappa shape index (κ1) is 14.2. The number of β-amino-alcohol motifs (C(OH)–C–C–N with tert-alkyl or cyclic N) is 1. The lowest BCUT2D eigenvalue weighted by atomic mass is 10.1. The van der Waals surface area contributed by atoms with Crippen molar-refractivity contribution < 1.29 is 23.1 Å². The fourth-order valence-electron chi connectivity index (χ4n) is 1.55. The summed E-state index contributed by atoms with van der Waals surface area (Å²) in [6.07, 6.45) is -0.928. The van der Waals surface area contributed by atoms with Gasteiger partial charge in [0.2, 0.25) is 0 Å². The molecule has 1 heterocycles. The lowest BCUT2D eigenvalue weighted by Crippen LogP contribution is -2.49. The van der Waals surface area contributed by atoms with Crippen LogP contribution in [-0.2, 0) is 14.9 Å². The highest BCUT2D eigenvalue weighted by Crippen LogP contribution is 2.12. The molecule has 0 bridgehead atoms. The Labute approximate surface area is 101 Å². The van der Waals surface area contributed by atoms with Crippen LogP contribution < -0.4 is 4.72 Å². The maximum atomic E-state index is 11.7. The van der Waals surface area contributed by atoms with Gasteiger partial charge in [0.1, 0.15) is 0 Å². The van der Waals surface area contributed by atoms with Crippen molar-refractivity contribution in [3.05, 3.63) is 0 Å². The first-order valence-corrected chi connectivity index (χ1v) is 6.92. The third-order valence-corrected chi connectivity index (χ3v) is 3.69. The number of aliphatic hydroxyl groups is 1. The summed E-state index contributed by atoms with van der Waals surface area (Å²) in [5.74, 6) is 0. The molecule has 1 amide bonds. The van der Waals surface area contributed by atoms with Gasteiger partial charge in [0, 0.05) is 13.1 Å². The monoisotopic (exact) mass is 266 g/mol. The predicted octanol–water partition coefficient (Wildman–Crippen LogP) is -0.178. The van der Waals surface area contributed by atoms with Gasteiger partial charge in [0.05, 0.1) is 12.2 Å². The van der Waals surface area contributed by atoms with Crippen molar-refractivity contribution >= 4 is 16.3 Å². The minimum atomic E-state index is -3.91. The van der Waals surface area contributed by atoms with Crippen LogP contribution in [0.1, 0.15) is 26.7 Å². The van der Waals surface area contributed by atoms with E-state index in [9.17, 15) is 18.3 Å². The number of carbonyl (C=O) groups is 1. The number of nitrogens with zero attached hydrogens (tertiary/aromatic N) is 1. The summed E-state index contributed by atoms with van der Waals surface area (Å²) in [6.45, 7) is 3.54. The van der Waals surface area contributed by atoms with E-state index in [1.165, 1.54) is 0 Å². The summed E-state index contributed by atoms with van der Waals surface area (Å²) in [7, 11) is -3.91. The van der Waals surface area contributed by atoms with Crippen molar-refractivity contribution in [2.75, 3.05) is 13.1 Å². The number of piperidine rings is 1. The Hall–Kier alpha value is -0.860. The van der Waals surface area contributed by atoms with E-state index in [1.807, 2.05) is 0 Å². The lowest BCUT2D eigenvalue weighted by Gasteiger charge is -2.28. The molecule has 17 heavy (non-hydrogen) atoms. The van der Waals surface area contributed by atoms with Gasteiger partial charge in [0.15, 0.2) is 0 Å². The van der Waals surface area contributed by atoms with Gasteiger partial charge >= 0.3 is 16.3 Å². The Kier molecular flexibility index (Phi) is 4.72. The van der Waals surface area contributed by atoms with Crippen molar-refractivity contribution in [1.29, 1.82) is 0 Å². The maximum Gasteiger partial charge on any atom is 0.422 e. The maximum absolute atomic E-state index is 11.7. The molecule has 0 aromatic carbocycles. The van der Waals surface area contributed by atoms with Crippen LogP contribution in [0.5, 0.6) is 0 Å². The van der Waals surface area contributed by atoms with Crippen molar-refractivity contribution in [3.8, 4) is 0 Å². The van der Waals surface area contributed by atoms with Gasteiger partial charge in [-0.05, 0) is 26.7 Å². The van der Waals surface area contributed by atoms with E-state index in [1.54, 1.807) is 18.6 Å². The summed E-state index contributed by atoms with van der Waals surface area (Å²) in [6, 6.07) is 0. The first-order chi connectivity index (χ1) is 7.81. The summed E-state index contributed by atoms with van der Waals surface area (Å²) in [5.41, 5.74) is 0. The second kappa shape index (κ2) is 5.65. The zero-order valence-electron chi connectivity index (χ0n) is 9.92. The third-order valence-electron chi connectivity index (χ3n) is 2.25. The molecule has 8 heteroatoms. The van der Waals surface area contributed by atoms with Crippen LogP contribution in [0.2, 0.25) is 0 Å². The van der Waals surface area contributed by atoms with Crippen LogP contribution in [0.3, 0.4) is 0 Å². The number of carbonyl (C=O) groups excluding carboxylic acids is 1. The molecule has 0 radical (unpaired) electrons. The molecule has 1 saturated heterocycles. The predicted molar refractivity (Wildman–Crippen MR) is 60.5 cm³/mol. The molecule has 1 aliphatic rings. The molecule has 0 unspecified atom stereocenters. The molecule has 0 aromatic heterocycles. The Bertz CT molecular complexity index is 368. The average molecular weight is 266 g/mol. The van der Waals surface area contributed by atoms with E-state index in [0.717, 1.165) is 4.31 Å². The molecule has 1 aliphatic heterocycles. The van der Waals surface area contributed by atoms with E-state index in [-0.39, 0.29) is 6.54 Å². The van der Waals surface area contributed by atoms with Gasteiger partial charge in [-0.3, -0.25) is 0 Å². The zero-order chi connectivity index (χ0) is 13.1. The van der Waals surface area contributed by atoms with E-state index in [4.69, 9.17) is 0 Å². The number of amides is 1. The molecule has 0 aromatic rings. The molecule has 2 N–H and O–H groups in total. The average Bonchev–Trinajstić information content (AvgIpc) is 2.15. The van der Waals surface area contributed by atoms with Crippen LogP contribution in [-0.4, -0.2) is 49.2 Å². The van der Waals surface area contributed by atoms with Gasteiger partial charge < -0.3 is 9.84 Å². The molecular weight excluding hydrogens is 248 g/mol. The summed E-state index contributed by atoms with van der Waals surface area (Å²) < 4.78 is 31.0. The van der Waals surface area contributed by atoms with Crippen molar-refractivity contribution in [2.24, 2.45) is 0 Å². The number of ether oxygens (including phenoxy) is 1. The summed E-state index contributed by atoms with van der Waals surface area (Å²) >= 11 is 0. The van der Waals surface area contributed by atoms with Crippen LogP contribution in [0, 0.1) is 0 Å². The highest BCUT2D eigenvalue weighted by atomic mass is 32.2. The van der Waals surface area contributed by atoms with Crippen molar-refractivity contribution in [1.82, 2.24) is 9.03 Å². The third kappa shape index (κ3) is 4.49. The van der Waals surface area contributed by atoms with E-state index < -0.39 is 28.5 Å². The van der Waals surface area contributed by atoms with Gasteiger partial charge in [-0.15, -0.1) is 0 Å². The lowest BCUT2D eigenvalue weighted by molar-refractivity contribution is 0.104. The Balaban J connectivity index is 2.58. The molecule has 1 rings (SSSR count).